The molecule has 2 N–H and O–H groups in total. The number of aryl methyl sites for hydroxylation is 1. The molecular formula is C29H26ClFN2O5S. The summed E-state index contributed by atoms with van der Waals surface area (Å²) in [7, 11) is 1.60. The zero-order chi connectivity index (χ0) is 27.5. The van der Waals surface area contributed by atoms with Crippen molar-refractivity contribution in [2.75, 3.05) is 25.6 Å². The number of methoxy groups -OCH3 is 1. The van der Waals surface area contributed by atoms with E-state index in [1.807, 2.05) is 24.3 Å². The molecule has 0 radical (unpaired) electrons. The Labute approximate surface area is 234 Å². The molecule has 2 unspecified atom stereocenters. The van der Waals surface area contributed by atoms with Crippen LogP contribution in [0.3, 0.4) is 0 Å². The van der Waals surface area contributed by atoms with Crippen LogP contribution in [0.4, 0.5) is 10.1 Å². The smallest absolute Gasteiger partial charge is 0.292 e. The third kappa shape index (κ3) is 5.61. The minimum absolute atomic E-state index is 0.0242. The van der Waals surface area contributed by atoms with Gasteiger partial charge in [-0.15, -0.1) is 0 Å². The number of anilines is 1. The van der Waals surface area contributed by atoms with E-state index in [4.69, 9.17) is 21.1 Å². The van der Waals surface area contributed by atoms with Crippen LogP contribution in [0.5, 0.6) is 5.75 Å². The van der Waals surface area contributed by atoms with Gasteiger partial charge in [-0.3, -0.25) is 14.5 Å². The molecule has 2 aliphatic heterocycles. The molecule has 3 aromatic carbocycles. The summed E-state index contributed by atoms with van der Waals surface area (Å²) in [6, 6.07) is 17.5. The third-order valence-electron chi connectivity index (χ3n) is 6.58. The Hall–Kier alpha value is -3.53. The number of hydrogen-bond acceptors (Lipinski definition) is 7. The van der Waals surface area contributed by atoms with Crippen molar-refractivity contribution >= 4 is 40.7 Å². The van der Waals surface area contributed by atoms with Gasteiger partial charge in [0.2, 0.25) is 0 Å². The molecule has 3 aromatic rings. The number of ether oxygens (including phenoxy) is 2. The Kier molecular flexibility index (Phi) is 8.11. The lowest BCUT2D eigenvalue weighted by Gasteiger charge is -2.31. The average Bonchev–Trinajstić information content (AvgIpc) is 3.46. The van der Waals surface area contributed by atoms with Crippen molar-refractivity contribution in [3.63, 3.8) is 0 Å². The average molecular weight is 569 g/mol. The first-order valence-corrected chi connectivity index (χ1v) is 13.6. The number of hydrogen-bond donors (Lipinski definition) is 2. The zero-order valence-electron chi connectivity index (χ0n) is 21.0. The van der Waals surface area contributed by atoms with Gasteiger partial charge in [-0.05, 0) is 48.4 Å². The molecule has 7 nitrogen and oxygen atoms in total. The minimum Gasteiger partial charge on any atom is -0.503 e. The summed E-state index contributed by atoms with van der Waals surface area (Å²) in [5.74, 6) is -1.73. The van der Waals surface area contributed by atoms with Gasteiger partial charge in [0.15, 0.2) is 17.0 Å². The van der Waals surface area contributed by atoms with Gasteiger partial charge < -0.3 is 19.9 Å². The normalized spacial score (nSPS) is 18.3. The molecule has 10 heteroatoms. The first kappa shape index (κ1) is 27.1. The molecule has 0 saturated carbocycles. The minimum atomic E-state index is -1.10. The third-order valence-corrected chi connectivity index (χ3v) is 7.97. The van der Waals surface area contributed by atoms with Crippen LogP contribution in [-0.4, -0.2) is 47.5 Å². The van der Waals surface area contributed by atoms with E-state index in [0.717, 1.165) is 16.1 Å². The maximum atomic E-state index is 15.1. The molecule has 0 aliphatic carbocycles. The lowest BCUT2D eigenvalue weighted by Crippen LogP contribution is -2.41. The van der Waals surface area contributed by atoms with Crippen LogP contribution in [0, 0.1) is 5.82 Å². The number of aliphatic hydroxyl groups is 1. The molecule has 0 fully saturated rings. The second-order valence-electron chi connectivity index (χ2n) is 9.06. The topological polar surface area (TPSA) is 88.1 Å². The van der Waals surface area contributed by atoms with Gasteiger partial charge in [0, 0.05) is 29.0 Å². The van der Waals surface area contributed by atoms with Gasteiger partial charge in [0.1, 0.15) is 18.2 Å². The number of nitrogens with one attached hydrogen (secondary N) is 1. The van der Waals surface area contributed by atoms with E-state index >= 15 is 4.39 Å². The highest BCUT2D eigenvalue weighted by Gasteiger charge is 2.48. The predicted octanol–water partition coefficient (Wildman–Crippen LogP) is 5.90. The Morgan fingerprint density at radius 2 is 1.90 bits per heavy atom. The van der Waals surface area contributed by atoms with Gasteiger partial charge in [-0.25, -0.2) is 4.39 Å². The second kappa shape index (κ2) is 11.7. The van der Waals surface area contributed by atoms with Crippen LogP contribution in [0.15, 0.2) is 83.0 Å². The van der Waals surface area contributed by atoms with E-state index in [-0.39, 0.29) is 17.6 Å². The molecule has 0 bridgehead atoms. The zero-order valence-corrected chi connectivity index (χ0v) is 22.6. The number of Topliss-reactive ketones (excluding diaryl/α,β-unsaturated/α-hetero) is 1. The van der Waals surface area contributed by atoms with Crippen LogP contribution in [-0.2, 0) is 20.7 Å². The standard InChI is InChI=1S/C29H26ClFN2O5S/c1-37-14-15-38-19-10-6-17(7-11-19)8-13-23(34)25-26(20-4-2-3-5-21(20)31)33(28(36)27(25)35)29-32-22-12-9-18(30)16-24(22)39-29/h2-7,9-12,16,26,29,32,35H,8,13-15H2,1H3. The van der Waals surface area contributed by atoms with Gasteiger partial charge in [-0.1, -0.05) is 53.7 Å². The van der Waals surface area contributed by atoms with Crippen LogP contribution in [0.25, 0.3) is 0 Å². The number of ketones is 1. The van der Waals surface area contributed by atoms with Crippen molar-refractivity contribution in [3.8, 4) is 5.75 Å². The lowest BCUT2D eigenvalue weighted by molar-refractivity contribution is -0.129. The van der Waals surface area contributed by atoms with Crippen molar-refractivity contribution < 1.29 is 28.6 Å². The first-order valence-electron chi connectivity index (χ1n) is 12.3. The maximum absolute atomic E-state index is 15.1. The summed E-state index contributed by atoms with van der Waals surface area (Å²) in [4.78, 5) is 29.0. The summed E-state index contributed by atoms with van der Waals surface area (Å²) in [6.45, 7) is 0.901. The molecule has 2 atom stereocenters. The fourth-order valence-corrected chi connectivity index (χ4v) is 6.10. The van der Waals surface area contributed by atoms with E-state index in [9.17, 15) is 14.7 Å². The monoisotopic (exact) mass is 568 g/mol. The largest absolute Gasteiger partial charge is 0.503 e. The Morgan fingerprint density at radius 1 is 1.13 bits per heavy atom. The number of carbonyl (C=O) groups is 2. The summed E-state index contributed by atoms with van der Waals surface area (Å²) >= 11 is 7.45. The highest BCUT2D eigenvalue weighted by atomic mass is 35.5. The molecule has 5 rings (SSSR count). The number of rotatable bonds is 10. The van der Waals surface area contributed by atoms with Crippen molar-refractivity contribution in [1.82, 2.24) is 4.90 Å². The number of fused-ring (bicyclic) bond motifs is 1. The van der Waals surface area contributed by atoms with E-state index < -0.39 is 34.8 Å². The van der Waals surface area contributed by atoms with E-state index in [1.165, 1.54) is 34.9 Å². The highest BCUT2D eigenvalue weighted by molar-refractivity contribution is 8.00. The highest BCUT2D eigenvalue weighted by Crippen LogP contribution is 2.48. The van der Waals surface area contributed by atoms with Crippen LogP contribution in [0.1, 0.15) is 23.6 Å². The molecule has 0 spiro atoms. The lowest BCUT2D eigenvalue weighted by atomic mass is 9.93. The Bertz CT molecular complexity index is 1430. The van der Waals surface area contributed by atoms with Crippen molar-refractivity contribution in [3.05, 3.63) is 100 Å². The number of nitrogens with zero attached hydrogens (tertiary/aromatic N) is 1. The number of aliphatic hydroxyl groups excluding tert-OH is 1. The number of halogens is 2. The van der Waals surface area contributed by atoms with Crippen LogP contribution >= 0.6 is 23.4 Å². The molecule has 1 amide bonds. The molecule has 0 aromatic heterocycles. The summed E-state index contributed by atoms with van der Waals surface area (Å²) in [6.07, 6.45) is 0.392. The molecule has 39 heavy (non-hydrogen) atoms. The maximum Gasteiger partial charge on any atom is 0.292 e. The fourth-order valence-electron chi connectivity index (χ4n) is 4.66. The summed E-state index contributed by atoms with van der Waals surface area (Å²) < 4.78 is 25.6. The van der Waals surface area contributed by atoms with Gasteiger partial charge >= 0.3 is 0 Å². The molecular weight excluding hydrogens is 543 g/mol. The number of benzene rings is 3. The van der Waals surface area contributed by atoms with Gasteiger partial charge in [-0.2, -0.15) is 0 Å². The van der Waals surface area contributed by atoms with Crippen LogP contribution in [0.2, 0.25) is 5.02 Å². The Balaban J connectivity index is 1.38. The predicted molar refractivity (Wildman–Crippen MR) is 148 cm³/mol. The first-order chi connectivity index (χ1) is 18.9. The number of thioether (sulfide) groups is 1. The molecule has 0 saturated heterocycles. The van der Waals surface area contributed by atoms with E-state index in [1.54, 1.807) is 31.4 Å². The summed E-state index contributed by atoms with van der Waals surface area (Å²) in [5.41, 5.74) is 0.969. The van der Waals surface area contributed by atoms with Gasteiger partial charge in [0.05, 0.1) is 23.9 Å². The quantitative estimate of drug-likeness (QED) is 0.294. The van der Waals surface area contributed by atoms with Crippen molar-refractivity contribution in [1.29, 1.82) is 0 Å². The number of amides is 1. The van der Waals surface area contributed by atoms with Gasteiger partial charge in [0.25, 0.3) is 5.91 Å². The van der Waals surface area contributed by atoms with Crippen molar-refractivity contribution in [2.24, 2.45) is 0 Å². The molecule has 2 heterocycles. The van der Waals surface area contributed by atoms with Crippen molar-refractivity contribution in [2.45, 2.75) is 29.3 Å². The fraction of sp³-hybridized carbons (Fsp3) is 0.241. The Morgan fingerprint density at radius 3 is 2.64 bits per heavy atom. The van der Waals surface area contributed by atoms with Crippen LogP contribution < -0.4 is 10.1 Å². The SMILES string of the molecule is COCCOc1ccc(CCC(=O)C2=C(O)C(=O)N(C3Nc4ccc(Cl)cc4S3)C2c2ccccc2F)cc1. The molecule has 202 valence electrons. The second-order valence-corrected chi connectivity index (χ2v) is 10.6. The van der Waals surface area contributed by atoms with E-state index in [2.05, 4.69) is 5.32 Å². The van der Waals surface area contributed by atoms with E-state index in [0.29, 0.717) is 30.4 Å². The number of carbonyl (C=O) groups excluding carboxylic acids is 2. The molecule has 2 aliphatic rings. The summed E-state index contributed by atoms with van der Waals surface area (Å²) in [5, 5.41) is 14.7.